The first-order valence-electron chi connectivity index (χ1n) is 6.93. The Bertz CT molecular complexity index is 127. The first-order valence-corrected chi connectivity index (χ1v) is 6.93. The van der Waals surface area contributed by atoms with E-state index in [2.05, 4.69) is 12.2 Å². The molecule has 0 aromatic heterocycles. The molecule has 0 atom stereocenters. The zero-order chi connectivity index (χ0) is 10.8. The van der Waals surface area contributed by atoms with E-state index < -0.39 is 0 Å². The number of unbranched alkanes of at least 4 members (excludes halogenated alkanes) is 6. The van der Waals surface area contributed by atoms with Gasteiger partial charge in [0.25, 0.3) is 0 Å². The molecule has 15 heavy (non-hydrogen) atoms. The second kappa shape index (κ2) is 9.21. The summed E-state index contributed by atoms with van der Waals surface area (Å²) in [7, 11) is 0. The molecule has 0 aromatic rings. The minimum Gasteiger partial charge on any atom is -0.317 e. The highest BCUT2D eigenvalue weighted by Crippen LogP contribution is 2.19. The number of hydrogen-bond donors (Lipinski definition) is 1. The lowest BCUT2D eigenvalue weighted by atomic mass is 9.92. The second-order valence-corrected chi connectivity index (χ2v) is 4.96. The molecule has 0 aromatic carbocycles. The van der Waals surface area contributed by atoms with Crippen LogP contribution in [-0.2, 0) is 0 Å². The third-order valence-electron chi connectivity index (χ3n) is 3.57. The van der Waals surface area contributed by atoms with E-state index in [0.29, 0.717) is 0 Å². The second-order valence-electron chi connectivity index (χ2n) is 4.96. The quantitative estimate of drug-likeness (QED) is 0.598. The molecule has 1 radical (unpaired) electrons. The summed E-state index contributed by atoms with van der Waals surface area (Å²) in [5, 5.41) is 3.43. The van der Waals surface area contributed by atoms with Crippen LogP contribution in [-0.4, -0.2) is 13.1 Å². The van der Waals surface area contributed by atoms with E-state index in [0.717, 1.165) is 12.3 Å². The molecule has 1 heteroatoms. The van der Waals surface area contributed by atoms with Crippen molar-refractivity contribution in [1.82, 2.24) is 5.32 Å². The molecule has 1 aliphatic heterocycles. The highest BCUT2D eigenvalue weighted by atomic mass is 14.9. The Morgan fingerprint density at radius 3 is 2.13 bits per heavy atom. The van der Waals surface area contributed by atoms with E-state index in [4.69, 9.17) is 0 Å². The van der Waals surface area contributed by atoms with Gasteiger partial charge >= 0.3 is 0 Å². The van der Waals surface area contributed by atoms with Crippen molar-refractivity contribution in [2.75, 3.05) is 13.1 Å². The van der Waals surface area contributed by atoms with Crippen LogP contribution < -0.4 is 5.32 Å². The molecule has 1 N–H and O–H groups in total. The van der Waals surface area contributed by atoms with Crippen molar-refractivity contribution in [2.24, 2.45) is 5.92 Å². The maximum atomic E-state index is 3.87. The van der Waals surface area contributed by atoms with Gasteiger partial charge in [-0.15, -0.1) is 0 Å². The minimum absolute atomic E-state index is 1.03. The number of nitrogens with one attached hydrogen (secondary N) is 1. The molecule has 1 saturated heterocycles. The maximum Gasteiger partial charge on any atom is -0.00463 e. The zero-order valence-corrected chi connectivity index (χ0v) is 10.3. The van der Waals surface area contributed by atoms with Gasteiger partial charge in [0.2, 0.25) is 0 Å². The van der Waals surface area contributed by atoms with E-state index in [1.54, 1.807) is 0 Å². The lowest BCUT2D eigenvalue weighted by molar-refractivity contribution is 0.342. The van der Waals surface area contributed by atoms with Crippen molar-refractivity contribution in [3.63, 3.8) is 0 Å². The Morgan fingerprint density at radius 1 is 0.867 bits per heavy atom. The molecule has 1 fully saturated rings. The zero-order valence-electron chi connectivity index (χ0n) is 10.3. The van der Waals surface area contributed by atoms with Crippen LogP contribution in [0.25, 0.3) is 0 Å². The Kier molecular flexibility index (Phi) is 7.99. The minimum atomic E-state index is 1.03. The summed E-state index contributed by atoms with van der Waals surface area (Å²) in [5.74, 6) is 1.03. The van der Waals surface area contributed by atoms with Gasteiger partial charge in [-0.25, -0.2) is 0 Å². The van der Waals surface area contributed by atoms with Crippen LogP contribution >= 0.6 is 0 Å². The smallest absolute Gasteiger partial charge is 0.00463 e. The molecule has 0 amide bonds. The molecule has 0 saturated carbocycles. The predicted molar refractivity (Wildman–Crippen MR) is 67.9 cm³/mol. The lowest BCUT2D eigenvalue weighted by Gasteiger charge is -2.22. The molecule has 0 bridgehead atoms. The SMILES string of the molecule is [CH2]CCCCCCCCC1CCNCC1. The number of piperidine rings is 1. The number of hydrogen-bond acceptors (Lipinski definition) is 1. The Labute approximate surface area is 96.0 Å². The Balaban J connectivity index is 1.79. The average Bonchev–Trinajstić information content (AvgIpc) is 2.29. The van der Waals surface area contributed by atoms with Crippen molar-refractivity contribution in [2.45, 2.75) is 64.2 Å². The van der Waals surface area contributed by atoms with Gasteiger partial charge in [-0.3, -0.25) is 0 Å². The first kappa shape index (κ1) is 13.0. The summed E-state index contributed by atoms with van der Waals surface area (Å²) < 4.78 is 0. The van der Waals surface area contributed by atoms with Gasteiger partial charge in [0.05, 0.1) is 0 Å². The van der Waals surface area contributed by atoms with Crippen LogP contribution in [0.2, 0.25) is 0 Å². The Morgan fingerprint density at radius 2 is 1.47 bits per heavy atom. The van der Waals surface area contributed by atoms with Crippen LogP contribution in [0.15, 0.2) is 0 Å². The summed E-state index contributed by atoms with van der Waals surface area (Å²) in [6, 6.07) is 0. The fourth-order valence-electron chi connectivity index (χ4n) is 2.49. The van der Waals surface area contributed by atoms with Crippen molar-refractivity contribution in [3.05, 3.63) is 6.92 Å². The average molecular weight is 210 g/mol. The molecule has 0 unspecified atom stereocenters. The Hall–Kier alpha value is -0.0400. The van der Waals surface area contributed by atoms with E-state index in [1.807, 2.05) is 0 Å². The topological polar surface area (TPSA) is 12.0 Å². The third-order valence-corrected chi connectivity index (χ3v) is 3.57. The van der Waals surface area contributed by atoms with Crippen LogP contribution in [0.5, 0.6) is 0 Å². The molecular formula is C14H28N. The van der Waals surface area contributed by atoms with Gasteiger partial charge in [-0.1, -0.05) is 58.3 Å². The van der Waals surface area contributed by atoms with Crippen LogP contribution in [0, 0.1) is 12.8 Å². The number of rotatable bonds is 8. The third kappa shape index (κ3) is 6.94. The van der Waals surface area contributed by atoms with Crippen molar-refractivity contribution in [3.8, 4) is 0 Å². The summed E-state index contributed by atoms with van der Waals surface area (Å²) in [5.41, 5.74) is 0. The largest absolute Gasteiger partial charge is 0.317 e. The monoisotopic (exact) mass is 210 g/mol. The van der Waals surface area contributed by atoms with Gasteiger partial charge in [-0.2, -0.15) is 0 Å². The molecule has 0 aliphatic carbocycles. The van der Waals surface area contributed by atoms with Gasteiger partial charge in [0, 0.05) is 0 Å². The summed E-state index contributed by atoms with van der Waals surface area (Å²) in [4.78, 5) is 0. The molecule has 1 heterocycles. The van der Waals surface area contributed by atoms with Crippen LogP contribution in [0.1, 0.15) is 64.2 Å². The van der Waals surface area contributed by atoms with Crippen LogP contribution in [0.4, 0.5) is 0 Å². The first-order chi connectivity index (χ1) is 7.43. The summed E-state index contributed by atoms with van der Waals surface area (Å²) in [6.45, 7) is 6.39. The highest BCUT2D eigenvalue weighted by molar-refractivity contribution is 4.68. The van der Waals surface area contributed by atoms with Crippen molar-refractivity contribution < 1.29 is 0 Å². The predicted octanol–water partition coefficient (Wildman–Crippen LogP) is 3.94. The normalized spacial score (nSPS) is 18.2. The fourth-order valence-corrected chi connectivity index (χ4v) is 2.49. The molecule has 89 valence electrons. The molecule has 1 rings (SSSR count). The van der Waals surface area contributed by atoms with E-state index >= 15 is 0 Å². The van der Waals surface area contributed by atoms with Gasteiger partial charge < -0.3 is 5.32 Å². The van der Waals surface area contributed by atoms with Crippen LogP contribution in [0.3, 0.4) is 0 Å². The highest BCUT2D eigenvalue weighted by Gasteiger charge is 2.11. The summed E-state index contributed by atoms with van der Waals surface area (Å²) in [6.07, 6.45) is 14.0. The van der Waals surface area contributed by atoms with Gasteiger partial charge in [0.15, 0.2) is 0 Å². The van der Waals surface area contributed by atoms with E-state index in [-0.39, 0.29) is 0 Å². The standard InChI is InChI=1S/C14H28N/c1-2-3-4-5-6-7-8-9-14-10-12-15-13-11-14/h14-15H,1-13H2. The van der Waals surface area contributed by atoms with E-state index in [9.17, 15) is 0 Å². The summed E-state index contributed by atoms with van der Waals surface area (Å²) >= 11 is 0. The maximum absolute atomic E-state index is 3.87. The van der Waals surface area contributed by atoms with Crippen molar-refractivity contribution >= 4 is 0 Å². The van der Waals surface area contributed by atoms with Gasteiger partial charge in [0.1, 0.15) is 0 Å². The van der Waals surface area contributed by atoms with Crippen molar-refractivity contribution in [1.29, 1.82) is 0 Å². The van der Waals surface area contributed by atoms with Gasteiger partial charge in [-0.05, 0) is 31.8 Å². The lowest BCUT2D eigenvalue weighted by Crippen LogP contribution is -2.27. The molecule has 0 spiro atoms. The molecular weight excluding hydrogens is 182 g/mol. The van der Waals surface area contributed by atoms with E-state index in [1.165, 1.54) is 70.9 Å². The molecule has 1 aliphatic rings. The molecule has 1 nitrogen and oxygen atoms in total. The fraction of sp³-hybridized carbons (Fsp3) is 0.929.